The predicted octanol–water partition coefficient (Wildman–Crippen LogP) is -2.39. The summed E-state index contributed by atoms with van der Waals surface area (Å²) in [5.41, 5.74) is 15.7. The van der Waals surface area contributed by atoms with Gasteiger partial charge in [0.1, 0.15) is 0 Å². The molecule has 0 bridgehead atoms. The summed E-state index contributed by atoms with van der Waals surface area (Å²) in [6, 6.07) is 0. The molecule has 0 aliphatic heterocycles. The molecule has 0 rings (SSSR count). The molecule has 0 radical (unpaired) electrons. The highest BCUT2D eigenvalue weighted by Crippen LogP contribution is 1.89. The van der Waals surface area contributed by atoms with E-state index in [9.17, 15) is 0 Å². The molecule has 0 fully saturated rings. The second-order valence-corrected chi connectivity index (χ2v) is 2.32. The van der Waals surface area contributed by atoms with Gasteiger partial charge >= 0.3 is 0 Å². The van der Waals surface area contributed by atoms with E-state index in [1.54, 1.807) is 0 Å². The maximum atomic E-state index is 8.97. The molecule has 0 spiro atoms. The van der Waals surface area contributed by atoms with Gasteiger partial charge in [-0.25, -0.2) is 0 Å². The van der Waals surface area contributed by atoms with E-state index in [1.807, 2.05) is 0 Å². The minimum atomic E-state index is -0.615. The van der Waals surface area contributed by atoms with Crippen molar-refractivity contribution >= 4 is 0 Å². The van der Waals surface area contributed by atoms with Crippen LogP contribution in [0.25, 0.3) is 0 Å². The molecule has 0 aromatic carbocycles. The molecule has 0 aromatic heterocycles. The Morgan fingerprint density at radius 3 is 2.00 bits per heavy atom. The average molecular weight is 163 g/mol. The summed E-state index contributed by atoms with van der Waals surface area (Å²) in [4.78, 5) is 0. The van der Waals surface area contributed by atoms with Crippen LogP contribution in [0.1, 0.15) is 0 Å². The molecule has 1 atom stereocenters. The minimum absolute atomic E-state index is 0.170. The van der Waals surface area contributed by atoms with Gasteiger partial charge in [0, 0.05) is 19.6 Å². The van der Waals surface area contributed by atoms with E-state index >= 15 is 0 Å². The van der Waals surface area contributed by atoms with E-state index in [-0.39, 0.29) is 19.3 Å². The van der Waals surface area contributed by atoms with Crippen molar-refractivity contribution in [1.29, 1.82) is 0 Å². The summed E-state index contributed by atoms with van der Waals surface area (Å²) >= 11 is 0. The lowest BCUT2D eigenvalue weighted by molar-refractivity contribution is 0.00189. The monoisotopic (exact) mass is 163 g/mol. The Hall–Kier alpha value is -0.200. The smallest absolute Gasteiger partial charge is 0.0895 e. The molecule has 0 heterocycles. The highest BCUT2D eigenvalue weighted by molar-refractivity contribution is 4.61. The Bertz CT molecular complexity index is 87.9. The summed E-state index contributed by atoms with van der Waals surface area (Å²) in [5, 5.41) is 8.97. The lowest BCUT2D eigenvalue weighted by atomic mass is 10.3. The normalized spacial score (nSPS) is 13.9. The van der Waals surface area contributed by atoms with Crippen LogP contribution in [0.2, 0.25) is 0 Å². The van der Waals surface area contributed by atoms with Gasteiger partial charge in [-0.1, -0.05) is 0 Å². The number of aliphatic hydroxyl groups excluding tert-OH is 1. The second kappa shape index (κ2) is 6.51. The summed E-state index contributed by atoms with van der Waals surface area (Å²) < 4.78 is 5.11. The zero-order valence-electron chi connectivity index (χ0n) is 6.57. The predicted molar refractivity (Wildman–Crippen MR) is 42.9 cm³/mol. The van der Waals surface area contributed by atoms with Gasteiger partial charge in [0.2, 0.25) is 0 Å². The first kappa shape index (κ1) is 10.8. The highest BCUT2D eigenvalue weighted by atomic mass is 16.5. The third kappa shape index (κ3) is 5.11. The van der Waals surface area contributed by atoms with Crippen LogP contribution in [-0.4, -0.2) is 43.6 Å². The van der Waals surface area contributed by atoms with Crippen molar-refractivity contribution in [2.24, 2.45) is 17.2 Å². The van der Waals surface area contributed by atoms with Crippen LogP contribution in [0.5, 0.6) is 0 Å². The van der Waals surface area contributed by atoms with Crippen molar-refractivity contribution in [3.8, 4) is 0 Å². The zero-order chi connectivity index (χ0) is 8.69. The molecule has 0 aliphatic rings. The number of hydrogen-bond acceptors (Lipinski definition) is 5. The Morgan fingerprint density at radius 2 is 1.64 bits per heavy atom. The Kier molecular flexibility index (Phi) is 6.39. The SMILES string of the molecule is NCC(O)COC(CN)CN. The van der Waals surface area contributed by atoms with Crippen LogP contribution >= 0.6 is 0 Å². The summed E-state index contributed by atoms with van der Waals surface area (Å²) in [6.45, 7) is 1.14. The van der Waals surface area contributed by atoms with Gasteiger partial charge in [-0.05, 0) is 0 Å². The maximum Gasteiger partial charge on any atom is 0.0895 e. The number of aliphatic hydroxyl groups is 1. The molecule has 68 valence electrons. The summed E-state index contributed by atoms with van der Waals surface area (Å²) in [5.74, 6) is 0. The van der Waals surface area contributed by atoms with Crippen molar-refractivity contribution < 1.29 is 9.84 Å². The van der Waals surface area contributed by atoms with E-state index in [2.05, 4.69) is 0 Å². The molecule has 5 heteroatoms. The average Bonchev–Trinajstić information content (AvgIpc) is 2.06. The first-order chi connectivity index (χ1) is 5.24. The van der Waals surface area contributed by atoms with Crippen molar-refractivity contribution in [2.75, 3.05) is 26.2 Å². The Labute approximate surface area is 66.5 Å². The second-order valence-electron chi connectivity index (χ2n) is 2.32. The number of hydrogen-bond donors (Lipinski definition) is 4. The van der Waals surface area contributed by atoms with Gasteiger partial charge in [-0.3, -0.25) is 0 Å². The largest absolute Gasteiger partial charge is 0.389 e. The number of rotatable bonds is 6. The fraction of sp³-hybridized carbons (Fsp3) is 1.00. The molecule has 0 amide bonds. The molecular formula is C6H17N3O2. The standard InChI is InChI=1S/C6H17N3O2/c7-1-5(10)4-11-6(2-8)3-9/h5-6,10H,1-4,7-9H2. The zero-order valence-corrected chi connectivity index (χ0v) is 6.57. The summed E-state index contributed by atoms with van der Waals surface area (Å²) in [6.07, 6.45) is -0.785. The van der Waals surface area contributed by atoms with Gasteiger partial charge in [0.25, 0.3) is 0 Å². The quantitative estimate of drug-likeness (QED) is 0.349. The molecule has 1 unspecified atom stereocenters. The van der Waals surface area contributed by atoms with Crippen molar-refractivity contribution in [3.63, 3.8) is 0 Å². The molecule has 0 saturated heterocycles. The van der Waals surface area contributed by atoms with Crippen LogP contribution in [0.4, 0.5) is 0 Å². The molecule has 0 saturated carbocycles. The highest BCUT2D eigenvalue weighted by Gasteiger charge is 2.06. The fourth-order valence-electron chi connectivity index (χ4n) is 0.548. The van der Waals surface area contributed by atoms with Crippen molar-refractivity contribution in [3.05, 3.63) is 0 Å². The topological polar surface area (TPSA) is 108 Å². The molecular weight excluding hydrogens is 146 g/mol. The van der Waals surface area contributed by atoms with Gasteiger partial charge < -0.3 is 27.0 Å². The van der Waals surface area contributed by atoms with Gasteiger partial charge in [0.15, 0.2) is 0 Å². The first-order valence-corrected chi connectivity index (χ1v) is 3.64. The molecule has 5 nitrogen and oxygen atoms in total. The van der Waals surface area contributed by atoms with Crippen LogP contribution in [0.15, 0.2) is 0 Å². The van der Waals surface area contributed by atoms with Crippen molar-refractivity contribution in [2.45, 2.75) is 12.2 Å². The number of ether oxygens (including phenoxy) is 1. The minimum Gasteiger partial charge on any atom is -0.389 e. The third-order valence-electron chi connectivity index (χ3n) is 1.32. The molecule has 0 aliphatic carbocycles. The molecule has 0 aromatic rings. The van der Waals surface area contributed by atoms with E-state index in [0.717, 1.165) is 0 Å². The Morgan fingerprint density at radius 1 is 1.09 bits per heavy atom. The maximum absolute atomic E-state index is 8.97. The van der Waals surface area contributed by atoms with E-state index in [1.165, 1.54) is 0 Å². The van der Waals surface area contributed by atoms with E-state index < -0.39 is 6.10 Å². The lowest BCUT2D eigenvalue weighted by Crippen LogP contribution is -2.35. The van der Waals surface area contributed by atoms with E-state index in [4.69, 9.17) is 27.0 Å². The van der Waals surface area contributed by atoms with E-state index in [0.29, 0.717) is 13.1 Å². The van der Waals surface area contributed by atoms with Crippen LogP contribution < -0.4 is 17.2 Å². The molecule has 7 N–H and O–H groups in total. The lowest BCUT2D eigenvalue weighted by Gasteiger charge is -2.15. The summed E-state index contributed by atoms with van der Waals surface area (Å²) in [7, 11) is 0. The van der Waals surface area contributed by atoms with Gasteiger partial charge in [-0.15, -0.1) is 0 Å². The number of nitrogens with two attached hydrogens (primary N) is 3. The molecule has 11 heavy (non-hydrogen) atoms. The van der Waals surface area contributed by atoms with Gasteiger partial charge in [0.05, 0.1) is 18.8 Å². The fourth-order valence-corrected chi connectivity index (χ4v) is 0.548. The third-order valence-corrected chi connectivity index (χ3v) is 1.32. The van der Waals surface area contributed by atoms with Crippen LogP contribution in [0.3, 0.4) is 0 Å². The van der Waals surface area contributed by atoms with Crippen LogP contribution in [-0.2, 0) is 4.74 Å². The Balaban J connectivity index is 3.34. The van der Waals surface area contributed by atoms with Crippen LogP contribution in [0, 0.1) is 0 Å². The first-order valence-electron chi connectivity index (χ1n) is 3.64. The van der Waals surface area contributed by atoms with Gasteiger partial charge in [-0.2, -0.15) is 0 Å². The van der Waals surface area contributed by atoms with Crippen molar-refractivity contribution in [1.82, 2.24) is 0 Å².